The molecule has 13 heavy (non-hydrogen) atoms. The predicted molar refractivity (Wildman–Crippen MR) is 49.3 cm³/mol. The predicted octanol–water partition coefficient (Wildman–Crippen LogP) is 2.38. The lowest BCUT2D eigenvalue weighted by molar-refractivity contribution is 0.447. The smallest absolute Gasteiger partial charge is 0.192 e. The van der Waals surface area contributed by atoms with Crippen LogP contribution in [0.2, 0.25) is 0 Å². The SMILES string of the molecule is c1ccc2ccc3nc3c2onc1. The zero-order valence-corrected chi connectivity index (χ0v) is 6.77. The van der Waals surface area contributed by atoms with E-state index in [1.807, 2.05) is 30.3 Å². The van der Waals surface area contributed by atoms with Gasteiger partial charge in [0.05, 0.1) is 11.7 Å². The minimum Gasteiger partial charge on any atom is -0.354 e. The monoisotopic (exact) mass is 170 g/mol. The fraction of sp³-hybridized carbons (Fsp3) is 0. The van der Waals surface area contributed by atoms with Gasteiger partial charge in [0.1, 0.15) is 5.52 Å². The van der Waals surface area contributed by atoms with Gasteiger partial charge in [-0.2, -0.15) is 0 Å². The number of benzene rings is 1. The van der Waals surface area contributed by atoms with Crippen molar-refractivity contribution in [3.05, 3.63) is 36.5 Å². The van der Waals surface area contributed by atoms with E-state index in [0.29, 0.717) is 0 Å². The second-order valence-electron chi connectivity index (χ2n) is 2.86. The molecule has 3 heteroatoms. The number of nitrogens with zero attached hydrogens (tertiary/aromatic N) is 2. The highest BCUT2D eigenvalue weighted by atomic mass is 16.5. The zero-order chi connectivity index (χ0) is 8.67. The molecule has 0 saturated carbocycles. The van der Waals surface area contributed by atoms with E-state index in [1.165, 1.54) is 0 Å². The van der Waals surface area contributed by atoms with Crippen molar-refractivity contribution in [3.8, 4) is 0 Å². The summed E-state index contributed by atoms with van der Waals surface area (Å²) in [6, 6.07) is 9.70. The number of hydrogen-bond acceptors (Lipinski definition) is 3. The quantitative estimate of drug-likeness (QED) is 0.520. The molecule has 0 atom stereocenters. The average molecular weight is 170 g/mol. The lowest BCUT2D eigenvalue weighted by atomic mass is 10.2. The van der Waals surface area contributed by atoms with Gasteiger partial charge in [-0.25, -0.2) is 4.98 Å². The normalized spacial score (nSPS) is 11.1. The third-order valence-corrected chi connectivity index (χ3v) is 2.00. The van der Waals surface area contributed by atoms with E-state index in [2.05, 4.69) is 10.1 Å². The van der Waals surface area contributed by atoms with Crippen molar-refractivity contribution in [2.45, 2.75) is 0 Å². The van der Waals surface area contributed by atoms with Crippen molar-refractivity contribution in [1.82, 2.24) is 10.1 Å². The molecule has 0 saturated heterocycles. The van der Waals surface area contributed by atoms with Crippen LogP contribution in [0.5, 0.6) is 0 Å². The standard InChI is InChI=1S/C10H6N2O/c1-2-6-11-13-10-7(3-1)4-5-8-9(10)12-8/h1-6H. The van der Waals surface area contributed by atoms with Crippen molar-refractivity contribution in [1.29, 1.82) is 0 Å². The summed E-state index contributed by atoms with van der Waals surface area (Å²) >= 11 is 0. The van der Waals surface area contributed by atoms with E-state index in [9.17, 15) is 0 Å². The van der Waals surface area contributed by atoms with Gasteiger partial charge in [0, 0.05) is 5.39 Å². The number of hydrogen-bond donors (Lipinski definition) is 0. The second-order valence-corrected chi connectivity index (χ2v) is 2.86. The molecule has 2 heterocycles. The molecule has 2 aromatic heterocycles. The van der Waals surface area contributed by atoms with Gasteiger partial charge in [-0.1, -0.05) is 17.3 Å². The molecular formula is C10H6N2O. The molecule has 0 aliphatic rings. The molecule has 0 spiro atoms. The van der Waals surface area contributed by atoms with Crippen LogP contribution in [0.4, 0.5) is 0 Å². The van der Waals surface area contributed by atoms with Crippen LogP contribution in [-0.4, -0.2) is 10.1 Å². The van der Waals surface area contributed by atoms with Crippen LogP contribution >= 0.6 is 0 Å². The Balaban J connectivity index is 2.53. The molecule has 0 bridgehead atoms. The minimum atomic E-state index is 0.762. The van der Waals surface area contributed by atoms with Crippen LogP contribution in [0.15, 0.2) is 41.1 Å². The first kappa shape index (κ1) is 6.60. The third-order valence-electron chi connectivity index (χ3n) is 2.00. The summed E-state index contributed by atoms with van der Waals surface area (Å²) in [6.45, 7) is 0. The van der Waals surface area contributed by atoms with Gasteiger partial charge in [-0.3, -0.25) is 0 Å². The van der Waals surface area contributed by atoms with E-state index in [0.717, 1.165) is 22.0 Å². The van der Waals surface area contributed by atoms with Crippen LogP contribution in [0.25, 0.3) is 22.0 Å². The Hall–Kier alpha value is -1.90. The van der Waals surface area contributed by atoms with Gasteiger partial charge in [0.25, 0.3) is 0 Å². The average Bonchev–Trinajstić information content (AvgIpc) is 2.83. The molecule has 0 aliphatic heterocycles. The number of fused-ring (bicyclic) bond motifs is 3. The van der Waals surface area contributed by atoms with Gasteiger partial charge >= 0.3 is 0 Å². The summed E-state index contributed by atoms with van der Waals surface area (Å²) in [4.78, 5) is 4.16. The Morgan fingerprint density at radius 1 is 1.08 bits per heavy atom. The molecule has 0 unspecified atom stereocenters. The van der Waals surface area contributed by atoms with Crippen LogP contribution in [0.3, 0.4) is 0 Å². The Morgan fingerprint density at radius 3 is 3.08 bits per heavy atom. The second kappa shape index (κ2) is 2.29. The van der Waals surface area contributed by atoms with Gasteiger partial charge in [0.15, 0.2) is 5.58 Å². The molecule has 3 rings (SSSR count). The summed E-state index contributed by atoms with van der Waals surface area (Å²) in [5.41, 5.74) is 2.70. The molecule has 1 aromatic carbocycles. The Kier molecular flexibility index (Phi) is 1.16. The van der Waals surface area contributed by atoms with Crippen molar-refractivity contribution in [3.63, 3.8) is 0 Å². The van der Waals surface area contributed by atoms with E-state index in [-0.39, 0.29) is 0 Å². The molecule has 0 N–H and O–H groups in total. The van der Waals surface area contributed by atoms with Crippen molar-refractivity contribution in [2.75, 3.05) is 0 Å². The Labute approximate surface area is 74.0 Å². The van der Waals surface area contributed by atoms with Gasteiger partial charge in [-0.15, -0.1) is 0 Å². The molecule has 0 fully saturated rings. The van der Waals surface area contributed by atoms with Crippen LogP contribution in [0, 0.1) is 0 Å². The Bertz CT molecular complexity index is 571. The maximum atomic E-state index is 5.20. The molecule has 0 radical (unpaired) electrons. The topological polar surface area (TPSA) is 38.9 Å². The van der Waals surface area contributed by atoms with E-state index in [4.69, 9.17) is 4.52 Å². The summed E-state index contributed by atoms with van der Waals surface area (Å²) in [6.07, 6.45) is 1.61. The fourth-order valence-corrected chi connectivity index (χ4v) is 1.31. The zero-order valence-electron chi connectivity index (χ0n) is 6.77. The number of rotatable bonds is 0. The first-order valence-electron chi connectivity index (χ1n) is 4.04. The molecule has 62 valence electrons. The lowest BCUT2D eigenvalue weighted by Crippen LogP contribution is -1.67. The highest BCUT2D eigenvalue weighted by Crippen LogP contribution is 2.26. The number of aromatic nitrogens is 2. The van der Waals surface area contributed by atoms with Gasteiger partial charge in [-0.05, 0) is 18.2 Å². The summed E-state index contributed by atoms with van der Waals surface area (Å²) in [7, 11) is 0. The molecule has 0 amide bonds. The lowest BCUT2D eigenvalue weighted by Gasteiger charge is -1.86. The van der Waals surface area contributed by atoms with Crippen molar-refractivity contribution in [2.24, 2.45) is 0 Å². The molecule has 3 aromatic rings. The largest absolute Gasteiger partial charge is 0.354 e. The molecule has 3 nitrogen and oxygen atoms in total. The van der Waals surface area contributed by atoms with E-state index >= 15 is 0 Å². The summed E-state index contributed by atoms with van der Waals surface area (Å²) < 4.78 is 5.20. The maximum Gasteiger partial charge on any atom is 0.192 e. The fourth-order valence-electron chi connectivity index (χ4n) is 1.31. The van der Waals surface area contributed by atoms with Crippen molar-refractivity contribution >= 4 is 22.0 Å². The molecular weight excluding hydrogens is 164 g/mol. The van der Waals surface area contributed by atoms with E-state index in [1.54, 1.807) is 6.20 Å². The van der Waals surface area contributed by atoms with Gasteiger partial charge < -0.3 is 4.52 Å². The third kappa shape index (κ3) is 0.973. The van der Waals surface area contributed by atoms with Gasteiger partial charge in [0.2, 0.25) is 0 Å². The summed E-state index contributed by atoms with van der Waals surface area (Å²) in [5, 5.41) is 4.80. The minimum absolute atomic E-state index is 0.762. The van der Waals surface area contributed by atoms with Crippen molar-refractivity contribution < 1.29 is 4.52 Å². The maximum absolute atomic E-state index is 5.20. The highest BCUT2D eigenvalue weighted by molar-refractivity contribution is 6.06. The first-order chi connectivity index (χ1) is 6.45. The summed E-state index contributed by atoms with van der Waals surface area (Å²) in [5.74, 6) is 0. The molecule has 0 aliphatic carbocycles. The van der Waals surface area contributed by atoms with Crippen LogP contribution in [-0.2, 0) is 0 Å². The van der Waals surface area contributed by atoms with Crippen LogP contribution in [0.1, 0.15) is 0 Å². The Morgan fingerprint density at radius 2 is 2.08 bits per heavy atom. The van der Waals surface area contributed by atoms with E-state index < -0.39 is 0 Å². The first-order valence-corrected chi connectivity index (χ1v) is 4.04. The van der Waals surface area contributed by atoms with Crippen LogP contribution < -0.4 is 0 Å². The highest BCUT2D eigenvalue weighted by Gasteiger charge is 2.09.